The van der Waals surface area contributed by atoms with Crippen LogP contribution in [-0.4, -0.2) is 27.2 Å². The van der Waals surface area contributed by atoms with Crippen LogP contribution >= 0.6 is 11.3 Å². The molecule has 2 heterocycles. The Balaban J connectivity index is 1.72. The summed E-state index contributed by atoms with van der Waals surface area (Å²) in [4.78, 5) is 13.0. The molecular formula is C23H17N3O2S. The topological polar surface area (TPSA) is 71.0 Å². The van der Waals surface area contributed by atoms with Gasteiger partial charge in [-0.15, -0.1) is 11.3 Å². The number of ether oxygens (including phenoxy) is 1. The smallest absolute Gasteiger partial charge is 0.161 e. The number of phenolic OH excluding ortho intramolecular Hbond substituents is 1. The number of benzene rings is 3. The van der Waals surface area contributed by atoms with E-state index in [4.69, 9.17) is 14.7 Å². The van der Waals surface area contributed by atoms with E-state index in [1.807, 2.05) is 54.6 Å². The number of aromatic hydroxyl groups is 1. The van der Waals surface area contributed by atoms with Crippen LogP contribution in [0, 0.1) is 0 Å². The monoisotopic (exact) mass is 399 g/mol. The quantitative estimate of drug-likeness (QED) is 0.420. The van der Waals surface area contributed by atoms with Gasteiger partial charge in [0, 0.05) is 0 Å². The van der Waals surface area contributed by atoms with Gasteiger partial charge < -0.3 is 14.8 Å². The Bertz CT molecular complexity index is 1230. The zero-order valence-electron chi connectivity index (χ0n) is 15.6. The van der Waals surface area contributed by atoms with Crippen LogP contribution in [0.1, 0.15) is 16.4 Å². The van der Waals surface area contributed by atoms with Gasteiger partial charge in [-0.2, -0.15) is 0 Å². The number of para-hydroxylation sites is 3. The fourth-order valence-electron chi connectivity index (χ4n) is 3.25. The fraction of sp³-hybridized carbons (Fsp3) is 0.0435. The van der Waals surface area contributed by atoms with Crippen molar-refractivity contribution in [2.75, 3.05) is 7.11 Å². The van der Waals surface area contributed by atoms with E-state index >= 15 is 0 Å². The van der Waals surface area contributed by atoms with E-state index in [-0.39, 0.29) is 5.75 Å². The van der Waals surface area contributed by atoms with E-state index in [1.54, 1.807) is 23.5 Å². The van der Waals surface area contributed by atoms with Crippen LogP contribution in [0.4, 0.5) is 0 Å². The summed E-state index contributed by atoms with van der Waals surface area (Å²) in [5.41, 5.74) is 4.60. The summed E-state index contributed by atoms with van der Waals surface area (Å²) >= 11 is 1.62. The predicted molar refractivity (Wildman–Crippen MR) is 117 cm³/mol. The molecule has 0 aliphatic carbocycles. The molecule has 5 aromatic rings. The van der Waals surface area contributed by atoms with Crippen molar-refractivity contribution in [1.29, 1.82) is 0 Å². The Morgan fingerprint density at radius 1 is 1.00 bits per heavy atom. The number of imidazole rings is 1. The minimum absolute atomic E-state index is 0.106. The summed E-state index contributed by atoms with van der Waals surface area (Å²) in [6, 6.07) is 21.3. The summed E-state index contributed by atoms with van der Waals surface area (Å²) in [6.45, 7) is 0. The SMILES string of the molecule is COc1cc(C=C(c2nc3ccccc3[nH]2)c2nc3ccccc3s2)ccc1O. The molecule has 0 spiro atoms. The summed E-state index contributed by atoms with van der Waals surface area (Å²) < 4.78 is 6.38. The van der Waals surface area contributed by atoms with Crippen molar-refractivity contribution in [3.05, 3.63) is 83.1 Å². The normalized spacial score (nSPS) is 12.0. The average Bonchev–Trinajstić information content (AvgIpc) is 3.37. The lowest BCUT2D eigenvalue weighted by Crippen LogP contribution is -1.91. The van der Waals surface area contributed by atoms with Crippen molar-refractivity contribution >= 4 is 44.2 Å². The molecule has 0 aliphatic rings. The maximum absolute atomic E-state index is 9.92. The second-order valence-corrected chi connectivity index (χ2v) is 7.61. The Hall–Kier alpha value is -3.64. The molecule has 0 amide bonds. The van der Waals surface area contributed by atoms with E-state index in [9.17, 15) is 5.11 Å². The van der Waals surface area contributed by atoms with Crippen molar-refractivity contribution in [3.8, 4) is 11.5 Å². The standard InChI is InChI=1S/C23H17N3O2S/c1-28-20-13-14(10-11-19(20)27)12-15(22-24-16-6-2-3-7-17(16)25-22)23-26-18-8-4-5-9-21(18)29-23/h2-13,27H,1H3,(H,24,25). The largest absolute Gasteiger partial charge is 0.504 e. The third-order valence-corrected chi connectivity index (χ3v) is 5.75. The van der Waals surface area contributed by atoms with E-state index < -0.39 is 0 Å². The molecule has 3 aromatic carbocycles. The highest BCUT2D eigenvalue weighted by Gasteiger charge is 2.15. The Kier molecular flexibility index (Phi) is 4.26. The average molecular weight is 399 g/mol. The summed E-state index contributed by atoms with van der Waals surface area (Å²) in [7, 11) is 1.54. The minimum atomic E-state index is 0.106. The number of aromatic nitrogens is 3. The van der Waals surface area contributed by atoms with E-state index in [1.165, 1.54) is 7.11 Å². The van der Waals surface area contributed by atoms with Crippen LogP contribution < -0.4 is 4.74 Å². The first-order chi connectivity index (χ1) is 14.2. The number of nitrogens with zero attached hydrogens (tertiary/aromatic N) is 2. The molecule has 0 radical (unpaired) electrons. The zero-order valence-corrected chi connectivity index (χ0v) is 16.4. The summed E-state index contributed by atoms with van der Waals surface area (Å²) in [6.07, 6.45) is 2.01. The van der Waals surface area contributed by atoms with Gasteiger partial charge in [0.1, 0.15) is 10.8 Å². The number of thiazole rings is 1. The van der Waals surface area contributed by atoms with E-state index in [0.29, 0.717) is 5.75 Å². The molecule has 29 heavy (non-hydrogen) atoms. The molecule has 5 nitrogen and oxygen atoms in total. The highest BCUT2D eigenvalue weighted by Crippen LogP contribution is 2.34. The number of methoxy groups -OCH3 is 1. The first kappa shape index (κ1) is 17.5. The fourth-order valence-corrected chi connectivity index (χ4v) is 4.23. The van der Waals surface area contributed by atoms with Gasteiger partial charge in [0.15, 0.2) is 11.5 Å². The third kappa shape index (κ3) is 3.23. The van der Waals surface area contributed by atoms with Crippen molar-refractivity contribution in [2.24, 2.45) is 0 Å². The van der Waals surface area contributed by atoms with Crippen LogP contribution in [0.15, 0.2) is 66.7 Å². The number of hydrogen-bond donors (Lipinski definition) is 2. The van der Waals surface area contributed by atoms with Gasteiger partial charge in [0.05, 0.1) is 33.9 Å². The van der Waals surface area contributed by atoms with Gasteiger partial charge in [-0.05, 0) is 48.0 Å². The molecule has 142 valence electrons. The van der Waals surface area contributed by atoms with Crippen LogP contribution in [0.5, 0.6) is 11.5 Å². The Morgan fingerprint density at radius 2 is 1.79 bits per heavy atom. The van der Waals surface area contributed by atoms with Gasteiger partial charge in [0.25, 0.3) is 0 Å². The maximum Gasteiger partial charge on any atom is 0.161 e. The number of fused-ring (bicyclic) bond motifs is 2. The van der Waals surface area contributed by atoms with Gasteiger partial charge in [0.2, 0.25) is 0 Å². The van der Waals surface area contributed by atoms with Crippen molar-refractivity contribution < 1.29 is 9.84 Å². The van der Waals surface area contributed by atoms with Crippen molar-refractivity contribution in [2.45, 2.75) is 0 Å². The molecule has 5 rings (SSSR count). The molecule has 6 heteroatoms. The summed E-state index contributed by atoms with van der Waals surface area (Å²) in [5, 5.41) is 10.8. The molecule has 2 N–H and O–H groups in total. The second-order valence-electron chi connectivity index (χ2n) is 6.58. The van der Waals surface area contributed by atoms with Gasteiger partial charge in [-0.25, -0.2) is 9.97 Å². The molecule has 0 fully saturated rings. The third-order valence-electron chi connectivity index (χ3n) is 4.68. The predicted octanol–water partition coefficient (Wildman–Crippen LogP) is 5.48. The van der Waals surface area contributed by atoms with E-state index in [2.05, 4.69) is 11.1 Å². The van der Waals surface area contributed by atoms with Gasteiger partial charge in [-0.1, -0.05) is 30.3 Å². The van der Waals surface area contributed by atoms with Crippen LogP contribution in [0.2, 0.25) is 0 Å². The molecule has 0 bridgehead atoms. The van der Waals surface area contributed by atoms with Gasteiger partial charge >= 0.3 is 0 Å². The van der Waals surface area contributed by atoms with Crippen molar-refractivity contribution in [3.63, 3.8) is 0 Å². The highest BCUT2D eigenvalue weighted by molar-refractivity contribution is 7.19. The maximum atomic E-state index is 9.92. The van der Waals surface area contributed by atoms with E-state index in [0.717, 1.165) is 43.2 Å². The number of hydrogen-bond acceptors (Lipinski definition) is 5. The molecule has 0 atom stereocenters. The van der Waals surface area contributed by atoms with Crippen molar-refractivity contribution in [1.82, 2.24) is 15.0 Å². The number of phenols is 1. The molecule has 0 aliphatic heterocycles. The number of rotatable bonds is 4. The van der Waals surface area contributed by atoms with Gasteiger partial charge in [-0.3, -0.25) is 0 Å². The summed E-state index contributed by atoms with van der Waals surface area (Å²) in [5.74, 6) is 1.28. The lowest BCUT2D eigenvalue weighted by Gasteiger charge is -2.06. The minimum Gasteiger partial charge on any atom is -0.504 e. The number of aromatic amines is 1. The number of nitrogens with one attached hydrogen (secondary N) is 1. The Labute approximate surface area is 171 Å². The molecule has 2 aromatic heterocycles. The lowest BCUT2D eigenvalue weighted by molar-refractivity contribution is 0.373. The van der Waals surface area contributed by atoms with Crippen LogP contribution in [-0.2, 0) is 0 Å². The highest BCUT2D eigenvalue weighted by atomic mass is 32.1. The Morgan fingerprint density at radius 3 is 2.59 bits per heavy atom. The molecule has 0 unspecified atom stereocenters. The zero-order chi connectivity index (χ0) is 19.8. The first-order valence-electron chi connectivity index (χ1n) is 9.11. The van der Waals surface area contributed by atoms with Crippen LogP contribution in [0.3, 0.4) is 0 Å². The number of H-pyrrole nitrogens is 1. The second kappa shape index (κ2) is 7.07. The molecule has 0 saturated heterocycles. The molecular weight excluding hydrogens is 382 g/mol. The molecule has 0 saturated carbocycles. The van der Waals surface area contributed by atoms with Crippen LogP contribution in [0.25, 0.3) is 32.9 Å². The first-order valence-corrected chi connectivity index (χ1v) is 9.93. The lowest BCUT2D eigenvalue weighted by atomic mass is 10.1.